The average Bonchev–Trinajstić information content (AvgIpc) is 3.33. The first-order valence-electron chi connectivity index (χ1n) is 14.1. The molecule has 0 spiro atoms. The molecule has 0 N–H and O–H groups in total. The third-order valence-electron chi connectivity index (χ3n) is 7.10. The van der Waals surface area contributed by atoms with Crippen LogP contribution >= 0.6 is 0 Å². The standard InChI is InChI=1S/C33H39N3O2/c1-3-5-19-35(24-26-17-18-30-31(23-26)38-22-21-37-30)25-29-32(27-13-9-7-10-14-27)34-33(36(29)20-6-4-2)28-15-11-8-12-16-28/h7-18,23H,3-6,19-22,24-25H2,1-2H3. The zero-order valence-corrected chi connectivity index (χ0v) is 22.7. The van der Waals surface area contributed by atoms with Gasteiger partial charge in [0.15, 0.2) is 11.5 Å². The first-order valence-corrected chi connectivity index (χ1v) is 14.1. The van der Waals surface area contributed by atoms with Crippen molar-refractivity contribution in [3.63, 3.8) is 0 Å². The molecule has 38 heavy (non-hydrogen) atoms. The number of rotatable bonds is 12. The Hall–Kier alpha value is -3.57. The van der Waals surface area contributed by atoms with Crippen LogP contribution in [0.15, 0.2) is 78.9 Å². The van der Waals surface area contributed by atoms with Gasteiger partial charge in [-0.25, -0.2) is 4.98 Å². The Balaban J connectivity index is 1.54. The van der Waals surface area contributed by atoms with Crippen LogP contribution < -0.4 is 9.47 Å². The molecular weight excluding hydrogens is 470 g/mol. The SMILES string of the molecule is CCCCN(Cc1ccc2c(c1)OCCO2)Cc1c(-c2ccccc2)nc(-c2ccccc2)n1CCCC. The summed E-state index contributed by atoms with van der Waals surface area (Å²) in [6, 6.07) is 27.7. The second-order valence-electron chi connectivity index (χ2n) is 10.0. The van der Waals surface area contributed by atoms with Gasteiger partial charge in [-0.2, -0.15) is 0 Å². The van der Waals surface area contributed by atoms with Crippen LogP contribution in [0.3, 0.4) is 0 Å². The van der Waals surface area contributed by atoms with Gasteiger partial charge in [-0.1, -0.05) is 93.4 Å². The minimum atomic E-state index is 0.606. The summed E-state index contributed by atoms with van der Waals surface area (Å²) in [6.45, 7) is 9.41. The van der Waals surface area contributed by atoms with Gasteiger partial charge < -0.3 is 14.0 Å². The third-order valence-corrected chi connectivity index (χ3v) is 7.10. The highest BCUT2D eigenvalue weighted by Crippen LogP contribution is 2.33. The van der Waals surface area contributed by atoms with Crippen molar-refractivity contribution < 1.29 is 9.47 Å². The molecule has 0 unspecified atom stereocenters. The quantitative estimate of drug-likeness (QED) is 0.197. The molecule has 5 nitrogen and oxygen atoms in total. The van der Waals surface area contributed by atoms with Crippen LogP contribution in [0.1, 0.15) is 50.8 Å². The number of hydrogen-bond donors (Lipinski definition) is 0. The second kappa shape index (κ2) is 12.8. The van der Waals surface area contributed by atoms with Crippen LogP contribution in [0.4, 0.5) is 0 Å². The lowest BCUT2D eigenvalue weighted by Crippen LogP contribution is -2.26. The van der Waals surface area contributed by atoms with Crippen LogP contribution in [0.2, 0.25) is 0 Å². The van der Waals surface area contributed by atoms with Crippen LogP contribution in [0, 0.1) is 0 Å². The lowest BCUT2D eigenvalue weighted by molar-refractivity contribution is 0.171. The Bertz CT molecular complexity index is 1300. The molecule has 3 aromatic carbocycles. The van der Waals surface area contributed by atoms with Crippen molar-refractivity contribution in [3.8, 4) is 34.1 Å². The van der Waals surface area contributed by atoms with Crippen molar-refractivity contribution in [3.05, 3.63) is 90.1 Å². The molecule has 0 saturated carbocycles. The predicted octanol–water partition coefficient (Wildman–Crippen LogP) is 7.59. The number of fused-ring (bicyclic) bond motifs is 1. The van der Waals surface area contributed by atoms with Gasteiger partial charge in [0.2, 0.25) is 0 Å². The molecule has 1 aliphatic heterocycles. The molecule has 0 aliphatic carbocycles. The van der Waals surface area contributed by atoms with E-state index in [4.69, 9.17) is 14.5 Å². The molecule has 5 rings (SSSR count). The van der Waals surface area contributed by atoms with Crippen LogP contribution in [-0.4, -0.2) is 34.2 Å². The minimum Gasteiger partial charge on any atom is -0.486 e. The normalized spacial score (nSPS) is 12.7. The summed E-state index contributed by atoms with van der Waals surface area (Å²) in [7, 11) is 0. The van der Waals surface area contributed by atoms with Gasteiger partial charge in [0.05, 0.1) is 11.4 Å². The van der Waals surface area contributed by atoms with E-state index >= 15 is 0 Å². The van der Waals surface area contributed by atoms with Crippen LogP contribution in [-0.2, 0) is 19.6 Å². The second-order valence-corrected chi connectivity index (χ2v) is 10.0. The largest absolute Gasteiger partial charge is 0.486 e. The molecule has 198 valence electrons. The van der Waals surface area contributed by atoms with Crippen LogP contribution in [0.5, 0.6) is 11.5 Å². The van der Waals surface area contributed by atoms with Crippen molar-refractivity contribution in [2.45, 2.75) is 59.2 Å². The molecule has 0 bridgehead atoms. The molecule has 1 aliphatic rings. The monoisotopic (exact) mass is 509 g/mol. The lowest BCUT2D eigenvalue weighted by atomic mass is 10.1. The van der Waals surface area contributed by atoms with Gasteiger partial charge in [-0.05, 0) is 37.1 Å². The lowest BCUT2D eigenvalue weighted by Gasteiger charge is -2.25. The van der Waals surface area contributed by atoms with E-state index in [0.717, 1.165) is 74.9 Å². The number of ether oxygens (including phenoxy) is 2. The van der Waals surface area contributed by atoms with E-state index < -0.39 is 0 Å². The highest BCUT2D eigenvalue weighted by atomic mass is 16.6. The fourth-order valence-corrected chi connectivity index (χ4v) is 5.09. The first-order chi connectivity index (χ1) is 18.8. The zero-order valence-electron chi connectivity index (χ0n) is 22.7. The summed E-state index contributed by atoms with van der Waals surface area (Å²) in [6.07, 6.45) is 4.57. The van der Waals surface area contributed by atoms with E-state index in [0.29, 0.717) is 13.2 Å². The molecule has 4 aromatic rings. The molecule has 2 heterocycles. The van der Waals surface area contributed by atoms with Gasteiger partial charge in [-0.3, -0.25) is 4.90 Å². The number of nitrogens with zero attached hydrogens (tertiary/aromatic N) is 3. The molecule has 5 heteroatoms. The summed E-state index contributed by atoms with van der Waals surface area (Å²) in [5, 5.41) is 0. The smallest absolute Gasteiger partial charge is 0.161 e. The van der Waals surface area contributed by atoms with E-state index in [9.17, 15) is 0 Å². The molecule has 0 radical (unpaired) electrons. The van der Waals surface area contributed by atoms with Gasteiger partial charge in [0.1, 0.15) is 19.0 Å². The maximum atomic E-state index is 5.88. The van der Waals surface area contributed by atoms with E-state index in [1.165, 1.54) is 22.4 Å². The van der Waals surface area contributed by atoms with Crippen molar-refractivity contribution in [1.29, 1.82) is 0 Å². The Morgan fingerprint density at radius 2 is 1.45 bits per heavy atom. The highest BCUT2D eigenvalue weighted by Gasteiger charge is 2.22. The Kier molecular flexibility index (Phi) is 8.77. The first kappa shape index (κ1) is 26.1. The number of aromatic nitrogens is 2. The van der Waals surface area contributed by atoms with Crippen molar-refractivity contribution in [2.75, 3.05) is 19.8 Å². The van der Waals surface area contributed by atoms with Gasteiger partial charge in [-0.15, -0.1) is 0 Å². The minimum absolute atomic E-state index is 0.606. The molecule has 1 aromatic heterocycles. The fourth-order valence-electron chi connectivity index (χ4n) is 5.09. The summed E-state index contributed by atoms with van der Waals surface area (Å²) in [5.74, 6) is 2.76. The average molecular weight is 510 g/mol. The Labute approximate surface area is 227 Å². The van der Waals surface area contributed by atoms with Gasteiger partial charge in [0.25, 0.3) is 0 Å². The summed E-state index contributed by atoms with van der Waals surface area (Å²) >= 11 is 0. The van der Waals surface area contributed by atoms with Crippen LogP contribution in [0.25, 0.3) is 22.6 Å². The summed E-state index contributed by atoms with van der Waals surface area (Å²) < 4.78 is 14.1. The Morgan fingerprint density at radius 1 is 0.763 bits per heavy atom. The number of hydrogen-bond acceptors (Lipinski definition) is 4. The molecule has 0 saturated heterocycles. The van der Waals surface area contributed by atoms with Crippen molar-refractivity contribution in [2.24, 2.45) is 0 Å². The van der Waals surface area contributed by atoms with Gasteiger partial charge >= 0.3 is 0 Å². The highest BCUT2D eigenvalue weighted by molar-refractivity contribution is 5.68. The van der Waals surface area contributed by atoms with Crippen molar-refractivity contribution in [1.82, 2.24) is 14.5 Å². The molecule has 0 fully saturated rings. The number of benzene rings is 3. The van der Waals surface area contributed by atoms with E-state index in [1.54, 1.807) is 0 Å². The predicted molar refractivity (Wildman–Crippen MR) is 154 cm³/mol. The van der Waals surface area contributed by atoms with E-state index in [-0.39, 0.29) is 0 Å². The topological polar surface area (TPSA) is 39.5 Å². The maximum absolute atomic E-state index is 5.88. The molecule has 0 atom stereocenters. The van der Waals surface area contributed by atoms with Crippen molar-refractivity contribution >= 4 is 0 Å². The number of imidazole rings is 1. The van der Waals surface area contributed by atoms with E-state index in [2.05, 4.69) is 102 Å². The molecular formula is C33H39N3O2. The van der Waals surface area contributed by atoms with Gasteiger partial charge in [0, 0.05) is 30.8 Å². The maximum Gasteiger partial charge on any atom is 0.161 e. The number of unbranched alkanes of at least 4 members (excludes halogenated alkanes) is 2. The third kappa shape index (κ3) is 6.11. The Morgan fingerprint density at radius 3 is 2.16 bits per heavy atom. The zero-order chi connectivity index (χ0) is 26.2. The van der Waals surface area contributed by atoms with E-state index in [1.807, 2.05) is 0 Å². The molecule has 0 amide bonds. The summed E-state index contributed by atoms with van der Waals surface area (Å²) in [5.41, 5.74) is 5.96. The summed E-state index contributed by atoms with van der Waals surface area (Å²) in [4.78, 5) is 7.87. The fraction of sp³-hybridized carbons (Fsp3) is 0.364.